The molecule has 3 rings (SSSR count). The van der Waals surface area contributed by atoms with Crippen LogP contribution in [0.2, 0.25) is 5.02 Å². The van der Waals surface area contributed by atoms with E-state index in [0.717, 1.165) is 29.9 Å². The third-order valence-corrected chi connectivity index (χ3v) is 4.91. The first-order chi connectivity index (χ1) is 12.4. The van der Waals surface area contributed by atoms with E-state index in [1.165, 1.54) is 0 Å². The Morgan fingerprint density at radius 3 is 2.38 bits per heavy atom. The van der Waals surface area contributed by atoms with E-state index < -0.39 is 0 Å². The lowest BCUT2D eigenvalue weighted by atomic mass is 10.2. The molecule has 1 aromatic heterocycles. The summed E-state index contributed by atoms with van der Waals surface area (Å²) in [5, 5.41) is 1.35. The molecule has 0 radical (unpaired) electrons. The quantitative estimate of drug-likeness (QED) is 0.666. The van der Waals surface area contributed by atoms with Crippen molar-refractivity contribution in [2.45, 2.75) is 6.54 Å². The lowest BCUT2D eigenvalue weighted by Crippen LogP contribution is -2.29. The first-order valence-electron chi connectivity index (χ1n) is 8.67. The fraction of sp³-hybridized carbons (Fsp3) is 0.350. The number of rotatable bonds is 6. The Kier molecular flexibility index (Phi) is 5.39. The number of aryl methyl sites for hydroxylation is 1. The summed E-state index contributed by atoms with van der Waals surface area (Å²) in [6, 6.07) is 13.8. The van der Waals surface area contributed by atoms with Gasteiger partial charge in [-0.1, -0.05) is 41.9 Å². The Morgan fingerprint density at radius 1 is 1.04 bits per heavy atom. The van der Waals surface area contributed by atoms with Gasteiger partial charge in [0.1, 0.15) is 0 Å². The van der Waals surface area contributed by atoms with E-state index in [4.69, 9.17) is 11.6 Å². The Bertz CT molecular complexity index is 959. The maximum absolute atomic E-state index is 13.2. The minimum atomic E-state index is 0.00900. The van der Waals surface area contributed by atoms with Crippen molar-refractivity contribution in [1.29, 1.82) is 0 Å². The number of halogens is 1. The number of hydrogen-bond acceptors (Lipinski definition) is 3. The van der Waals surface area contributed by atoms with E-state index in [1.54, 1.807) is 4.68 Å². The topological polar surface area (TPSA) is 33.4 Å². The Morgan fingerprint density at radius 2 is 1.73 bits per heavy atom. The number of aromatic nitrogens is 2. The van der Waals surface area contributed by atoms with E-state index in [0.29, 0.717) is 17.0 Å². The van der Waals surface area contributed by atoms with E-state index in [9.17, 15) is 4.79 Å². The molecule has 0 fully saturated rings. The lowest BCUT2D eigenvalue weighted by Gasteiger charge is -2.22. The molecule has 0 N–H and O–H groups in total. The van der Waals surface area contributed by atoms with Gasteiger partial charge in [0, 0.05) is 32.2 Å². The van der Waals surface area contributed by atoms with Gasteiger partial charge in [-0.2, -0.15) is 0 Å². The fourth-order valence-electron chi connectivity index (χ4n) is 3.15. The predicted molar refractivity (Wildman–Crippen MR) is 110 cm³/mol. The Hall–Kier alpha value is -2.24. The minimum Gasteiger partial charge on any atom is -0.373 e. The van der Waals surface area contributed by atoms with Gasteiger partial charge in [-0.05, 0) is 31.8 Å². The third kappa shape index (κ3) is 3.64. The molecule has 0 saturated heterocycles. The van der Waals surface area contributed by atoms with Crippen molar-refractivity contribution < 1.29 is 0 Å². The van der Waals surface area contributed by atoms with Crippen molar-refractivity contribution in [3.63, 3.8) is 0 Å². The molecule has 0 unspecified atom stereocenters. The highest BCUT2D eigenvalue weighted by atomic mass is 35.5. The van der Waals surface area contributed by atoms with Gasteiger partial charge in [-0.3, -0.25) is 9.48 Å². The third-order valence-electron chi connectivity index (χ3n) is 4.69. The van der Waals surface area contributed by atoms with Crippen molar-refractivity contribution in [2.24, 2.45) is 7.05 Å². The van der Waals surface area contributed by atoms with Crippen LogP contribution in [0.3, 0.4) is 0 Å². The van der Waals surface area contributed by atoms with Crippen LogP contribution in [-0.4, -0.2) is 48.5 Å². The summed E-state index contributed by atoms with van der Waals surface area (Å²) in [5.41, 5.74) is 2.83. The van der Waals surface area contributed by atoms with Crippen molar-refractivity contribution in [3.8, 4) is 0 Å². The summed E-state index contributed by atoms with van der Waals surface area (Å²) in [6.45, 7) is 2.24. The molecule has 6 heteroatoms. The highest BCUT2D eigenvalue weighted by Gasteiger charge is 2.18. The van der Waals surface area contributed by atoms with Crippen LogP contribution < -0.4 is 10.5 Å². The van der Waals surface area contributed by atoms with Gasteiger partial charge in [0.05, 0.1) is 23.1 Å². The van der Waals surface area contributed by atoms with Crippen LogP contribution >= 0.6 is 11.6 Å². The van der Waals surface area contributed by atoms with Crippen LogP contribution in [0.25, 0.3) is 10.9 Å². The number of nitrogens with zero attached hydrogens (tertiary/aromatic N) is 4. The van der Waals surface area contributed by atoms with Crippen LogP contribution in [0.15, 0.2) is 47.3 Å². The van der Waals surface area contributed by atoms with E-state index in [1.807, 2.05) is 75.3 Å². The molecule has 0 amide bonds. The molecule has 138 valence electrons. The van der Waals surface area contributed by atoms with Gasteiger partial charge in [0.15, 0.2) is 0 Å². The van der Waals surface area contributed by atoms with E-state index in [2.05, 4.69) is 9.80 Å². The molecular formula is C20H25ClN4O. The molecule has 0 bridgehead atoms. The second-order valence-electron chi connectivity index (χ2n) is 6.92. The maximum Gasteiger partial charge on any atom is 0.276 e. The molecule has 5 nitrogen and oxygen atoms in total. The first-order valence-corrected chi connectivity index (χ1v) is 9.05. The summed E-state index contributed by atoms with van der Waals surface area (Å²) in [4.78, 5) is 17.4. The average Bonchev–Trinajstić information content (AvgIpc) is 2.84. The van der Waals surface area contributed by atoms with Crippen LogP contribution in [0.4, 0.5) is 5.69 Å². The van der Waals surface area contributed by atoms with Crippen LogP contribution in [0.5, 0.6) is 0 Å². The van der Waals surface area contributed by atoms with Crippen LogP contribution in [-0.2, 0) is 13.6 Å². The SMILES string of the molecule is CN(C)CCN(C)c1cc(Cl)cc2c1c(=O)n(Cc1ccccc1)n2C. The van der Waals surface area contributed by atoms with Crippen molar-refractivity contribution in [3.05, 3.63) is 63.4 Å². The van der Waals surface area contributed by atoms with Gasteiger partial charge >= 0.3 is 0 Å². The first kappa shape index (κ1) is 18.5. The fourth-order valence-corrected chi connectivity index (χ4v) is 3.36. The zero-order valence-corrected chi connectivity index (χ0v) is 16.5. The molecule has 0 atom stereocenters. The largest absolute Gasteiger partial charge is 0.373 e. The highest BCUT2D eigenvalue weighted by Crippen LogP contribution is 2.28. The second kappa shape index (κ2) is 7.56. The molecule has 0 aliphatic rings. The zero-order chi connectivity index (χ0) is 18.8. The normalized spacial score (nSPS) is 11.5. The molecule has 0 spiro atoms. The van der Waals surface area contributed by atoms with Crippen LogP contribution in [0.1, 0.15) is 5.56 Å². The average molecular weight is 373 g/mol. The second-order valence-corrected chi connectivity index (χ2v) is 7.35. The number of likely N-dealkylation sites (N-methyl/N-ethyl adjacent to an activating group) is 2. The zero-order valence-electron chi connectivity index (χ0n) is 15.7. The lowest BCUT2D eigenvalue weighted by molar-refractivity contribution is 0.416. The number of hydrogen-bond donors (Lipinski definition) is 0. The molecule has 1 heterocycles. The monoisotopic (exact) mass is 372 g/mol. The molecule has 0 saturated carbocycles. The molecule has 2 aromatic carbocycles. The number of benzene rings is 2. The van der Waals surface area contributed by atoms with Gasteiger partial charge in [0.25, 0.3) is 5.56 Å². The summed E-state index contributed by atoms with van der Waals surface area (Å²) in [7, 11) is 7.99. The van der Waals surface area contributed by atoms with Crippen LogP contribution in [0, 0.1) is 0 Å². The molecular weight excluding hydrogens is 348 g/mol. The van der Waals surface area contributed by atoms with E-state index in [-0.39, 0.29) is 5.56 Å². The molecule has 0 aliphatic carbocycles. The summed E-state index contributed by atoms with van der Waals surface area (Å²) < 4.78 is 3.67. The van der Waals surface area contributed by atoms with Crippen molar-refractivity contribution in [2.75, 3.05) is 39.1 Å². The minimum absolute atomic E-state index is 0.00900. The standard InChI is InChI=1S/C20H25ClN4O/c1-22(2)10-11-23(3)17-12-16(21)13-18-19(17)20(26)25(24(18)4)14-15-8-6-5-7-9-15/h5-9,12-13H,10-11,14H2,1-4H3. The van der Waals surface area contributed by atoms with Crippen molar-refractivity contribution >= 4 is 28.2 Å². The number of fused-ring (bicyclic) bond motifs is 1. The molecule has 0 aliphatic heterocycles. The predicted octanol–water partition coefficient (Wildman–Crippen LogP) is 3.04. The highest BCUT2D eigenvalue weighted by molar-refractivity contribution is 6.31. The van der Waals surface area contributed by atoms with Gasteiger partial charge in [0.2, 0.25) is 0 Å². The van der Waals surface area contributed by atoms with Gasteiger partial charge in [-0.25, -0.2) is 4.68 Å². The van der Waals surface area contributed by atoms with E-state index >= 15 is 0 Å². The summed E-state index contributed by atoms with van der Waals surface area (Å²) >= 11 is 6.36. The summed E-state index contributed by atoms with van der Waals surface area (Å²) in [5.74, 6) is 0. The van der Waals surface area contributed by atoms with Gasteiger partial charge in [-0.15, -0.1) is 0 Å². The number of anilines is 1. The van der Waals surface area contributed by atoms with Gasteiger partial charge < -0.3 is 9.80 Å². The van der Waals surface area contributed by atoms with Crippen molar-refractivity contribution in [1.82, 2.24) is 14.3 Å². The smallest absolute Gasteiger partial charge is 0.276 e. The Labute approximate surface area is 159 Å². The molecule has 26 heavy (non-hydrogen) atoms. The molecule has 3 aromatic rings. The summed E-state index contributed by atoms with van der Waals surface area (Å²) in [6.07, 6.45) is 0. The maximum atomic E-state index is 13.2. The Balaban J connectivity index is 2.10.